The van der Waals surface area contributed by atoms with Crippen LogP contribution < -0.4 is 0 Å². The maximum Gasteiger partial charge on any atom is 0.178 e. The number of rotatable bonds is 6. The molecule has 0 radical (unpaired) electrons. The van der Waals surface area contributed by atoms with E-state index in [2.05, 4.69) is 0 Å². The van der Waals surface area contributed by atoms with Crippen molar-refractivity contribution in [1.82, 2.24) is 0 Å². The number of aliphatic hydroxyl groups excluding tert-OH is 4. The average molecular weight is 434 g/mol. The van der Waals surface area contributed by atoms with Crippen molar-refractivity contribution in [3.05, 3.63) is 53.1 Å². The zero-order valence-electron chi connectivity index (χ0n) is 16.1. The monoisotopic (exact) mass is 434 g/mol. The van der Waals surface area contributed by atoms with Gasteiger partial charge in [-0.25, -0.2) is 0 Å². The van der Waals surface area contributed by atoms with E-state index in [1.807, 2.05) is 0 Å². The SMILES string of the molecule is O=C(CC(=O)c1c(O)cc(O)c([C@@H]2O[C@H](CO)[C@@H](O)[C@H](O)[C@H]2O)c1O)c1ccccc1. The van der Waals surface area contributed by atoms with Crippen LogP contribution in [0.3, 0.4) is 0 Å². The number of phenols is 3. The van der Waals surface area contributed by atoms with Crippen molar-refractivity contribution in [3.63, 3.8) is 0 Å². The Kier molecular flexibility index (Phi) is 6.58. The minimum atomic E-state index is -1.85. The Hall–Kier alpha value is -3.02. The van der Waals surface area contributed by atoms with Crippen molar-refractivity contribution in [3.8, 4) is 17.2 Å². The minimum Gasteiger partial charge on any atom is -0.507 e. The highest BCUT2D eigenvalue weighted by Crippen LogP contribution is 2.46. The van der Waals surface area contributed by atoms with E-state index in [1.54, 1.807) is 18.2 Å². The Labute approximate surface area is 176 Å². The first-order chi connectivity index (χ1) is 14.7. The van der Waals surface area contributed by atoms with Crippen LogP contribution in [0.25, 0.3) is 0 Å². The molecule has 0 amide bonds. The van der Waals surface area contributed by atoms with Crippen molar-refractivity contribution in [1.29, 1.82) is 0 Å². The third-order valence-electron chi connectivity index (χ3n) is 5.17. The summed E-state index contributed by atoms with van der Waals surface area (Å²) in [6.07, 6.45) is -9.04. The van der Waals surface area contributed by atoms with Gasteiger partial charge in [-0.05, 0) is 0 Å². The number of phenolic OH excluding ortho intramolecular Hbond substituents is 3. The van der Waals surface area contributed by atoms with Crippen molar-refractivity contribution in [2.24, 2.45) is 0 Å². The van der Waals surface area contributed by atoms with Crippen LogP contribution in [0.4, 0.5) is 0 Å². The first-order valence-electron chi connectivity index (χ1n) is 9.37. The Morgan fingerprint density at radius 3 is 2.13 bits per heavy atom. The second-order valence-corrected chi connectivity index (χ2v) is 7.19. The van der Waals surface area contributed by atoms with Crippen LogP contribution in [0.5, 0.6) is 17.2 Å². The molecule has 0 bridgehead atoms. The van der Waals surface area contributed by atoms with E-state index in [-0.39, 0.29) is 5.56 Å². The number of hydrogen-bond acceptors (Lipinski definition) is 10. The Morgan fingerprint density at radius 2 is 1.52 bits per heavy atom. The fourth-order valence-corrected chi connectivity index (χ4v) is 3.51. The summed E-state index contributed by atoms with van der Waals surface area (Å²) in [5.74, 6) is -4.09. The van der Waals surface area contributed by atoms with Gasteiger partial charge in [-0.3, -0.25) is 9.59 Å². The molecule has 0 aliphatic carbocycles. The molecule has 7 N–H and O–H groups in total. The lowest BCUT2D eigenvalue weighted by atomic mass is 9.88. The van der Waals surface area contributed by atoms with Crippen molar-refractivity contribution in [2.75, 3.05) is 6.61 Å². The lowest BCUT2D eigenvalue weighted by Gasteiger charge is -2.40. The van der Waals surface area contributed by atoms with E-state index in [0.717, 1.165) is 6.07 Å². The number of aromatic hydroxyl groups is 3. The minimum absolute atomic E-state index is 0.239. The molecule has 10 heteroatoms. The van der Waals surface area contributed by atoms with Crippen LogP contribution >= 0.6 is 0 Å². The maximum atomic E-state index is 12.7. The van der Waals surface area contributed by atoms with E-state index >= 15 is 0 Å². The molecule has 0 unspecified atom stereocenters. The molecule has 166 valence electrons. The fraction of sp³-hybridized carbons (Fsp3) is 0.333. The smallest absolute Gasteiger partial charge is 0.178 e. The van der Waals surface area contributed by atoms with E-state index < -0.39 is 83.5 Å². The van der Waals surface area contributed by atoms with Gasteiger partial charge in [0.2, 0.25) is 0 Å². The molecule has 1 aliphatic rings. The second kappa shape index (κ2) is 9.00. The molecule has 0 aromatic heterocycles. The molecular weight excluding hydrogens is 412 g/mol. The second-order valence-electron chi connectivity index (χ2n) is 7.19. The standard InChI is InChI=1S/C21H22O10/c22-8-14-17(27)19(29)20(30)21(31-14)16-13(26)7-12(25)15(18(16)28)11(24)6-10(23)9-4-2-1-3-5-9/h1-5,7,14,17,19-22,25-30H,6,8H2/t14-,17-,19+,20-,21+/m1/s1. The topological polar surface area (TPSA) is 185 Å². The number of hydrogen-bond donors (Lipinski definition) is 7. The molecule has 1 fully saturated rings. The van der Waals surface area contributed by atoms with Crippen molar-refractivity contribution in [2.45, 2.75) is 36.9 Å². The molecule has 1 saturated heterocycles. The molecule has 5 atom stereocenters. The van der Waals surface area contributed by atoms with Crippen LogP contribution in [0, 0.1) is 0 Å². The number of aliphatic hydroxyl groups is 4. The summed E-state index contributed by atoms with van der Waals surface area (Å²) in [4.78, 5) is 25.0. The van der Waals surface area contributed by atoms with E-state index in [4.69, 9.17) is 4.74 Å². The number of carbonyl (C=O) groups is 2. The normalized spacial score (nSPS) is 25.9. The highest BCUT2D eigenvalue weighted by molar-refractivity contribution is 6.15. The molecular formula is C21H22O10. The molecule has 10 nitrogen and oxygen atoms in total. The predicted molar refractivity (Wildman–Crippen MR) is 104 cm³/mol. The highest BCUT2D eigenvalue weighted by atomic mass is 16.5. The molecule has 1 aliphatic heterocycles. The number of benzene rings is 2. The first kappa shape index (κ1) is 22.7. The largest absolute Gasteiger partial charge is 0.507 e. The number of Topliss-reactive ketones (excluding diaryl/α,β-unsaturated/α-hetero) is 2. The summed E-state index contributed by atoms with van der Waals surface area (Å²) >= 11 is 0. The van der Waals surface area contributed by atoms with Gasteiger partial charge in [0.15, 0.2) is 11.6 Å². The van der Waals surface area contributed by atoms with E-state index in [1.165, 1.54) is 12.1 Å². The van der Waals surface area contributed by atoms with Crippen LogP contribution in [-0.2, 0) is 4.74 Å². The molecule has 1 heterocycles. The predicted octanol–water partition coefficient (Wildman–Crippen LogP) is -0.226. The van der Waals surface area contributed by atoms with Crippen LogP contribution in [0.2, 0.25) is 0 Å². The van der Waals surface area contributed by atoms with E-state index in [0.29, 0.717) is 0 Å². The van der Waals surface area contributed by atoms with Gasteiger partial charge in [0.05, 0.1) is 18.6 Å². The molecule has 0 spiro atoms. The van der Waals surface area contributed by atoms with Gasteiger partial charge in [-0.1, -0.05) is 30.3 Å². The lowest BCUT2D eigenvalue weighted by molar-refractivity contribution is -0.232. The maximum absolute atomic E-state index is 12.7. The summed E-state index contributed by atoms with van der Waals surface area (Å²) in [7, 11) is 0. The van der Waals surface area contributed by atoms with Gasteiger partial charge in [0.25, 0.3) is 0 Å². The van der Waals surface area contributed by atoms with Gasteiger partial charge >= 0.3 is 0 Å². The van der Waals surface area contributed by atoms with Gasteiger partial charge in [-0.15, -0.1) is 0 Å². The third kappa shape index (κ3) is 4.24. The number of ketones is 2. The summed E-state index contributed by atoms with van der Waals surface area (Å²) in [6.45, 7) is -0.752. The lowest BCUT2D eigenvalue weighted by Crippen LogP contribution is -2.55. The summed E-state index contributed by atoms with van der Waals surface area (Å²) in [6, 6.07) is 8.59. The van der Waals surface area contributed by atoms with Crippen LogP contribution in [0.15, 0.2) is 36.4 Å². The summed E-state index contributed by atoms with van der Waals surface area (Å²) in [5.41, 5.74) is -0.998. The van der Waals surface area contributed by atoms with Crippen molar-refractivity contribution >= 4 is 11.6 Å². The highest BCUT2D eigenvalue weighted by Gasteiger charge is 2.46. The quantitative estimate of drug-likeness (QED) is 0.237. The fourth-order valence-electron chi connectivity index (χ4n) is 3.51. The molecule has 3 rings (SSSR count). The Bertz CT molecular complexity index is 972. The van der Waals surface area contributed by atoms with Crippen LogP contribution in [-0.4, -0.2) is 78.3 Å². The van der Waals surface area contributed by atoms with Gasteiger partial charge in [0, 0.05) is 11.6 Å². The van der Waals surface area contributed by atoms with Crippen molar-refractivity contribution < 1.29 is 50.1 Å². The van der Waals surface area contributed by atoms with Gasteiger partial charge in [0.1, 0.15) is 53.3 Å². The first-order valence-corrected chi connectivity index (χ1v) is 9.37. The average Bonchev–Trinajstić information content (AvgIpc) is 2.73. The zero-order valence-corrected chi connectivity index (χ0v) is 16.1. The molecule has 2 aromatic rings. The molecule has 0 saturated carbocycles. The van der Waals surface area contributed by atoms with Gasteiger partial charge < -0.3 is 40.5 Å². The molecule has 31 heavy (non-hydrogen) atoms. The Balaban J connectivity index is 1.98. The number of carbonyl (C=O) groups excluding carboxylic acids is 2. The Morgan fingerprint density at radius 1 is 0.871 bits per heavy atom. The zero-order chi connectivity index (χ0) is 22.9. The third-order valence-corrected chi connectivity index (χ3v) is 5.17. The number of ether oxygens (including phenoxy) is 1. The van der Waals surface area contributed by atoms with Gasteiger partial charge in [-0.2, -0.15) is 0 Å². The van der Waals surface area contributed by atoms with E-state index in [9.17, 15) is 45.3 Å². The molecule has 2 aromatic carbocycles. The van der Waals surface area contributed by atoms with Crippen LogP contribution in [0.1, 0.15) is 38.8 Å². The summed E-state index contributed by atoms with van der Waals surface area (Å²) < 4.78 is 5.31. The summed E-state index contributed by atoms with van der Waals surface area (Å²) in [5, 5.41) is 70.5.